The van der Waals surface area contributed by atoms with Crippen LogP contribution in [0.2, 0.25) is 0 Å². The number of aromatic nitrogens is 1. The summed E-state index contributed by atoms with van der Waals surface area (Å²) >= 11 is 0. The van der Waals surface area contributed by atoms with Gasteiger partial charge in [0.2, 0.25) is 0 Å². The Morgan fingerprint density at radius 2 is 1.52 bits per heavy atom. The summed E-state index contributed by atoms with van der Waals surface area (Å²) in [4.78, 5) is 4.19. The minimum Gasteiger partial charge on any atom is -0.317 e. The highest BCUT2D eigenvalue weighted by molar-refractivity contribution is 5.30. The Hall–Kier alpha value is -1.71. The van der Waals surface area contributed by atoms with Crippen LogP contribution in [0.4, 0.5) is 0 Å². The summed E-state index contributed by atoms with van der Waals surface area (Å²) in [6, 6.07) is 16.0. The van der Waals surface area contributed by atoms with Crippen LogP contribution in [0.1, 0.15) is 55.7 Å². The van der Waals surface area contributed by atoms with Gasteiger partial charge in [0.25, 0.3) is 0 Å². The summed E-state index contributed by atoms with van der Waals surface area (Å²) in [6.45, 7) is 2.42. The summed E-state index contributed by atoms with van der Waals surface area (Å²) in [5, 5.41) is 7.49. The van der Waals surface area contributed by atoms with Gasteiger partial charge in [-0.05, 0) is 80.3 Å². The number of nitrogens with one attached hydrogen (secondary N) is 2. The molecule has 1 aliphatic heterocycles. The Balaban J connectivity index is 1.46. The SMILES string of the molecule is c1ccc([C@@H](NC2CCC3(CCNCC3)CC2)c2ccncc2)cc1. The van der Waals surface area contributed by atoms with Crippen molar-refractivity contribution < 1.29 is 0 Å². The number of rotatable bonds is 4. The zero-order chi connectivity index (χ0) is 17.0. The van der Waals surface area contributed by atoms with E-state index >= 15 is 0 Å². The predicted molar refractivity (Wildman–Crippen MR) is 102 cm³/mol. The van der Waals surface area contributed by atoms with E-state index in [0.717, 1.165) is 0 Å². The fourth-order valence-electron chi connectivity index (χ4n) is 4.68. The molecule has 1 atom stereocenters. The first-order chi connectivity index (χ1) is 12.3. The van der Waals surface area contributed by atoms with Crippen LogP contribution in [0.15, 0.2) is 54.9 Å². The summed E-state index contributed by atoms with van der Waals surface area (Å²) in [5.74, 6) is 0. The van der Waals surface area contributed by atoms with E-state index in [-0.39, 0.29) is 6.04 Å². The van der Waals surface area contributed by atoms with Crippen LogP contribution in [0.5, 0.6) is 0 Å². The van der Waals surface area contributed by atoms with Crippen LogP contribution >= 0.6 is 0 Å². The van der Waals surface area contributed by atoms with E-state index in [2.05, 4.69) is 58.1 Å². The van der Waals surface area contributed by atoms with Crippen LogP contribution in [-0.2, 0) is 0 Å². The lowest BCUT2D eigenvalue weighted by molar-refractivity contribution is 0.113. The molecule has 0 amide bonds. The van der Waals surface area contributed by atoms with Crippen molar-refractivity contribution in [2.45, 2.75) is 50.6 Å². The van der Waals surface area contributed by atoms with E-state index in [1.165, 1.54) is 62.7 Å². The maximum Gasteiger partial charge on any atom is 0.0579 e. The average molecular weight is 335 g/mol. The summed E-state index contributed by atoms with van der Waals surface area (Å²) < 4.78 is 0. The molecule has 2 N–H and O–H groups in total. The second-order valence-electron chi connectivity index (χ2n) is 7.82. The fraction of sp³-hybridized carbons (Fsp3) is 0.500. The first kappa shape index (κ1) is 16.7. The van der Waals surface area contributed by atoms with Gasteiger partial charge in [0.1, 0.15) is 0 Å². The molecule has 25 heavy (non-hydrogen) atoms. The number of piperidine rings is 1. The quantitative estimate of drug-likeness (QED) is 0.884. The fourth-order valence-corrected chi connectivity index (χ4v) is 4.68. The van der Waals surface area contributed by atoms with Crippen LogP contribution in [-0.4, -0.2) is 24.1 Å². The lowest BCUT2D eigenvalue weighted by Gasteiger charge is -2.44. The molecule has 1 aromatic heterocycles. The lowest BCUT2D eigenvalue weighted by Crippen LogP contribution is -2.44. The normalized spacial score (nSPS) is 21.9. The number of benzene rings is 1. The van der Waals surface area contributed by atoms with Crippen molar-refractivity contribution in [3.8, 4) is 0 Å². The Kier molecular flexibility index (Phi) is 5.14. The zero-order valence-electron chi connectivity index (χ0n) is 15.0. The van der Waals surface area contributed by atoms with E-state index in [1.807, 2.05) is 12.4 Å². The van der Waals surface area contributed by atoms with Crippen molar-refractivity contribution in [2.75, 3.05) is 13.1 Å². The third kappa shape index (κ3) is 3.94. The highest BCUT2D eigenvalue weighted by Gasteiger charge is 2.36. The van der Waals surface area contributed by atoms with Gasteiger partial charge in [0, 0.05) is 18.4 Å². The van der Waals surface area contributed by atoms with Crippen molar-refractivity contribution in [1.82, 2.24) is 15.6 Å². The topological polar surface area (TPSA) is 37.0 Å². The first-order valence-electron chi connectivity index (χ1n) is 9.76. The second-order valence-corrected chi connectivity index (χ2v) is 7.82. The molecule has 4 rings (SSSR count). The second kappa shape index (κ2) is 7.67. The van der Waals surface area contributed by atoms with Gasteiger partial charge >= 0.3 is 0 Å². The largest absolute Gasteiger partial charge is 0.317 e. The van der Waals surface area contributed by atoms with Crippen molar-refractivity contribution >= 4 is 0 Å². The summed E-state index contributed by atoms with van der Waals surface area (Å²) in [7, 11) is 0. The van der Waals surface area contributed by atoms with Crippen molar-refractivity contribution in [1.29, 1.82) is 0 Å². The predicted octanol–water partition coefficient (Wildman–Crippen LogP) is 4.07. The van der Waals surface area contributed by atoms with Crippen LogP contribution in [0.25, 0.3) is 0 Å². The molecule has 1 aliphatic carbocycles. The van der Waals surface area contributed by atoms with E-state index < -0.39 is 0 Å². The molecule has 132 valence electrons. The monoisotopic (exact) mass is 335 g/mol. The molecule has 0 unspecified atom stereocenters. The van der Waals surface area contributed by atoms with Gasteiger partial charge in [0.05, 0.1) is 6.04 Å². The molecular weight excluding hydrogens is 306 g/mol. The molecule has 0 bridgehead atoms. The van der Waals surface area contributed by atoms with Gasteiger partial charge in [0.15, 0.2) is 0 Å². The van der Waals surface area contributed by atoms with Gasteiger partial charge in [-0.2, -0.15) is 0 Å². The van der Waals surface area contributed by atoms with Crippen LogP contribution < -0.4 is 10.6 Å². The smallest absolute Gasteiger partial charge is 0.0579 e. The van der Waals surface area contributed by atoms with E-state index in [0.29, 0.717) is 11.5 Å². The highest BCUT2D eigenvalue weighted by Crippen LogP contribution is 2.43. The number of pyridine rings is 1. The maximum atomic E-state index is 4.19. The van der Waals surface area contributed by atoms with Crippen molar-refractivity contribution in [3.63, 3.8) is 0 Å². The molecule has 2 aliphatic rings. The number of hydrogen-bond acceptors (Lipinski definition) is 3. The Morgan fingerprint density at radius 3 is 2.20 bits per heavy atom. The van der Waals surface area contributed by atoms with Gasteiger partial charge in [-0.25, -0.2) is 0 Å². The molecule has 0 radical (unpaired) electrons. The Morgan fingerprint density at radius 1 is 0.880 bits per heavy atom. The minimum absolute atomic E-state index is 0.260. The minimum atomic E-state index is 0.260. The molecule has 2 heterocycles. The molecule has 3 heteroatoms. The average Bonchev–Trinajstić information content (AvgIpc) is 2.70. The number of hydrogen-bond donors (Lipinski definition) is 2. The standard InChI is InChI=1S/C22H29N3/c1-2-4-18(5-3-1)21(19-8-14-23-15-9-19)25-20-6-10-22(11-7-20)12-16-24-17-13-22/h1-5,8-9,14-15,20-21,24-25H,6-7,10-13,16-17H2/t21-/m1/s1. The van der Waals surface area contributed by atoms with Gasteiger partial charge in [-0.15, -0.1) is 0 Å². The van der Waals surface area contributed by atoms with Crippen LogP contribution in [0.3, 0.4) is 0 Å². The first-order valence-corrected chi connectivity index (χ1v) is 9.76. The molecule has 1 saturated carbocycles. The molecule has 2 aromatic rings. The lowest BCUT2D eigenvalue weighted by atomic mass is 9.67. The Bertz CT molecular complexity index is 600. The van der Waals surface area contributed by atoms with E-state index in [4.69, 9.17) is 0 Å². The third-order valence-corrected chi connectivity index (χ3v) is 6.29. The van der Waals surface area contributed by atoms with E-state index in [9.17, 15) is 0 Å². The molecular formula is C22H29N3. The molecule has 1 spiro atoms. The summed E-state index contributed by atoms with van der Waals surface area (Å²) in [5.41, 5.74) is 3.28. The maximum absolute atomic E-state index is 4.19. The van der Waals surface area contributed by atoms with Crippen LogP contribution in [0, 0.1) is 5.41 Å². The number of nitrogens with zero attached hydrogens (tertiary/aromatic N) is 1. The molecule has 1 aromatic carbocycles. The van der Waals surface area contributed by atoms with Crippen molar-refractivity contribution in [2.24, 2.45) is 5.41 Å². The third-order valence-electron chi connectivity index (χ3n) is 6.29. The molecule has 3 nitrogen and oxygen atoms in total. The van der Waals surface area contributed by atoms with Gasteiger partial charge < -0.3 is 10.6 Å². The molecule has 2 fully saturated rings. The van der Waals surface area contributed by atoms with Gasteiger partial charge in [-0.1, -0.05) is 30.3 Å². The van der Waals surface area contributed by atoms with E-state index in [1.54, 1.807) is 0 Å². The molecule has 1 saturated heterocycles. The highest BCUT2D eigenvalue weighted by atomic mass is 15.0. The van der Waals surface area contributed by atoms with Gasteiger partial charge in [-0.3, -0.25) is 4.98 Å². The Labute approximate surface area is 151 Å². The van der Waals surface area contributed by atoms with Crippen molar-refractivity contribution in [3.05, 3.63) is 66.0 Å². The summed E-state index contributed by atoms with van der Waals surface area (Å²) in [6.07, 6.45) is 11.9. The zero-order valence-corrected chi connectivity index (χ0v) is 15.0.